The molecule has 2 aromatic heterocycles. The molecule has 0 atom stereocenters. The first-order valence-electron chi connectivity index (χ1n) is 5.25. The summed E-state index contributed by atoms with van der Waals surface area (Å²) in [4.78, 5) is 15.6. The van der Waals surface area contributed by atoms with Gasteiger partial charge in [-0.05, 0) is 22.9 Å². The van der Waals surface area contributed by atoms with E-state index in [2.05, 4.69) is 30.4 Å². The number of esters is 1. The number of pyridine rings is 1. The molecule has 0 aliphatic heterocycles. The van der Waals surface area contributed by atoms with Crippen LogP contribution in [0, 0.1) is 6.92 Å². The number of carbonyl (C=O) groups is 1. The number of halogens is 4. The first kappa shape index (κ1) is 14.6. The van der Waals surface area contributed by atoms with Crippen LogP contribution in [0.5, 0.6) is 5.75 Å². The number of ether oxygens (including phenoxy) is 2. The lowest BCUT2D eigenvalue weighted by molar-refractivity contribution is -0.274. The van der Waals surface area contributed by atoms with E-state index >= 15 is 0 Å². The van der Waals surface area contributed by atoms with Crippen LogP contribution in [0.4, 0.5) is 13.2 Å². The lowest BCUT2D eigenvalue weighted by Crippen LogP contribution is -2.18. The van der Waals surface area contributed by atoms with Gasteiger partial charge >= 0.3 is 12.3 Å². The van der Waals surface area contributed by atoms with Gasteiger partial charge in [0.05, 0.1) is 12.8 Å². The minimum absolute atomic E-state index is 0.0378. The number of aryl methyl sites for hydroxylation is 1. The topological polar surface area (TPSA) is 52.8 Å². The third-order valence-corrected chi connectivity index (χ3v) is 2.87. The molecule has 0 bridgehead atoms. The number of rotatable bonds is 2. The lowest BCUT2D eigenvalue weighted by atomic mass is 10.3. The van der Waals surface area contributed by atoms with Crippen LogP contribution in [0.15, 0.2) is 16.7 Å². The molecule has 0 fully saturated rings. The molecule has 0 saturated carbocycles. The molecule has 0 aromatic carbocycles. The van der Waals surface area contributed by atoms with E-state index in [1.807, 2.05) is 0 Å². The van der Waals surface area contributed by atoms with Crippen LogP contribution in [-0.4, -0.2) is 28.8 Å². The third-order valence-electron chi connectivity index (χ3n) is 2.43. The zero-order valence-corrected chi connectivity index (χ0v) is 11.9. The molecule has 0 unspecified atom stereocenters. The molecule has 0 saturated heterocycles. The number of nitrogens with zero attached hydrogens (tertiary/aromatic N) is 2. The highest BCUT2D eigenvalue weighted by atomic mass is 79.9. The molecule has 0 amide bonds. The monoisotopic (exact) mass is 352 g/mol. The van der Waals surface area contributed by atoms with Crippen LogP contribution in [0.25, 0.3) is 5.65 Å². The van der Waals surface area contributed by atoms with E-state index in [-0.39, 0.29) is 17.0 Å². The predicted molar refractivity (Wildman–Crippen MR) is 65.7 cm³/mol. The maximum absolute atomic E-state index is 12.4. The summed E-state index contributed by atoms with van der Waals surface area (Å²) in [6.07, 6.45) is -3.45. The quantitative estimate of drug-likeness (QED) is 0.779. The van der Waals surface area contributed by atoms with Gasteiger partial charge in [-0.2, -0.15) is 0 Å². The van der Waals surface area contributed by atoms with Crippen molar-refractivity contribution in [3.8, 4) is 5.75 Å². The van der Waals surface area contributed by atoms with E-state index in [1.165, 1.54) is 24.6 Å². The molecule has 0 spiro atoms. The van der Waals surface area contributed by atoms with Crippen molar-refractivity contribution in [2.75, 3.05) is 7.11 Å². The Morgan fingerprint density at radius 3 is 2.65 bits per heavy atom. The molecule has 2 heterocycles. The Hall–Kier alpha value is -1.77. The molecule has 0 aliphatic carbocycles. The van der Waals surface area contributed by atoms with Crippen molar-refractivity contribution in [3.63, 3.8) is 0 Å². The summed E-state index contributed by atoms with van der Waals surface area (Å²) in [6.45, 7) is 1.49. The molecule has 108 valence electrons. The van der Waals surface area contributed by atoms with Crippen molar-refractivity contribution >= 4 is 27.5 Å². The fraction of sp³-hybridized carbons (Fsp3) is 0.273. The summed E-state index contributed by atoms with van der Waals surface area (Å²) in [5.41, 5.74) is 0.154. The summed E-state index contributed by atoms with van der Waals surface area (Å²) in [7, 11) is 1.17. The number of carbonyl (C=O) groups excluding carboxylic acids is 1. The largest absolute Gasteiger partial charge is 0.573 e. The third kappa shape index (κ3) is 2.72. The standard InChI is InChI=1S/C11H8BrF3N2O3/c1-5-8(10(18)19-2)17-4-6(12)3-7(9(17)16-5)20-11(13,14)15/h3-4H,1-2H3. The first-order valence-corrected chi connectivity index (χ1v) is 6.04. The number of alkyl halides is 3. The van der Waals surface area contributed by atoms with Crippen molar-refractivity contribution in [2.45, 2.75) is 13.3 Å². The van der Waals surface area contributed by atoms with Crippen molar-refractivity contribution in [3.05, 3.63) is 28.1 Å². The Morgan fingerprint density at radius 1 is 1.45 bits per heavy atom. The van der Waals surface area contributed by atoms with Crippen LogP contribution in [0.1, 0.15) is 16.2 Å². The van der Waals surface area contributed by atoms with E-state index in [0.717, 1.165) is 6.07 Å². The Morgan fingerprint density at radius 2 is 2.10 bits per heavy atom. The van der Waals surface area contributed by atoms with Crippen molar-refractivity contribution in [2.24, 2.45) is 0 Å². The molecular formula is C11H8BrF3N2O3. The van der Waals surface area contributed by atoms with Crippen molar-refractivity contribution in [1.82, 2.24) is 9.38 Å². The van der Waals surface area contributed by atoms with Gasteiger partial charge in [-0.15, -0.1) is 13.2 Å². The number of methoxy groups -OCH3 is 1. The average Bonchev–Trinajstić information content (AvgIpc) is 2.63. The number of imidazole rings is 1. The Labute approximate surface area is 119 Å². The summed E-state index contributed by atoms with van der Waals surface area (Å²) >= 11 is 3.06. The maximum atomic E-state index is 12.4. The van der Waals surface area contributed by atoms with E-state index in [0.29, 0.717) is 4.47 Å². The van der Waals surface area contributed by atoms with E-state index in [1.54, 1.807) is 0 Å². The fourth-order valence-electron chi connectivity index (χ4n) is 1.74. The van der Waals surface area contributed by atoms with E-state index in [9.17, 15) is 18.0 Å². The second-order valence-corrected chi connectivity index (χ2v) is 4.72. The minimum atomic E-state index is -4.85. The van der Waals surface area contributed by atoms with Gasteiger partial charge in [0.15, 0.2) is 17.1 Å². The summed E-state index contributed by atoms with van der Waals surface area (Å²) in [5.74, 6) is -1.21. The Balaban J connectivity index is 2.70. The molecule has 9 heteroatoms. The zero-order valence-electron chi connectivity index (χ0n) is 10.3. The second kappa shape index (κ2) is 4.97. The molecule has 0 N–H and O–H groups in total. The summed E-state index contributed by atoms with van der Waals surface area (Å²) in [5, 5.41) is 0. The molecule has 5 nitrogen and oxygen atoms in total. The SMILES string of the molecule is COC(=O)c1c(C)nc2c(OC(F)(F)F)cc(Br)cn12. The normalized spacial score (nSPS) is 11.7. The van der Waals surface area contributed by atoms with Gasteiger partial charge in [0, 0.05) is 16.7 Å². The number of aromatic nitrogens is 2. The highest BCUT2D eigenvalue weighted by molar-refractivity contribution is 9.10. The summed E-state index contributed by atoms with van der Waals surface area (Å²) in [6, 6.07) is 1.12. The van der Waals surface area contributed by atoms with Crippen molar-refractivity contribution < 1.29 is 27.4 Å². The first-order chi connectivity index (χ1) is 9.23. The minimum Gasteiger partial charge on any atom is -0.464 e. The number of hydrogen-bond acceptors (Lipinski definition) is 4. The average molecular weight is 353 g/mol. The van der Waals surface area contributed by atoms with Gasteiger partial charge in [-0.3, -0.25) is 4.40 Å². The number of fused-ring (bicyclic) bond motifs is 1. The molecule has 20 heavy (non-hydrogen) atoms. The molecule has 2 rings (SSSR count). The lowest BCUT2D eigenvalue weighted by Gasteiger charge is -2.10. The molecule has 2 aromatic rings. The molecule has 0 aliphatic rings. The molecule has 0 radical (unpaired) electrons. The number of hydrogen-bond donors (Lipinski definition) is 0. The van der Waals surface area contributed by atoms with Gasteiger partial charge in [0.25, 0.3) is 0 Å². The smallest absolute Gasteiger partial charge is 0.464 e. The fourth-order valence-corrected chi connectivity index (χ4v) is 2.15. The van der Waals surface area contributed by atoms with Gasteiger partial charge in [0.1, 0.15) is 0 Å². The maximum Gasteiger partial charge on any atom is 0.573 e. The zero-order chi connectivity index (χ0) is 15.1. The van der Waals surface area contributed by atoms with Crippen LogP contribution >= 0.6 is 15.9 Å². The van der Waals surface area contributed by atoms with E-state index < -0.39 is 18.1 Å². The Bertz CT molecular complexity index is 682. The van der Waals surface area contributed by atoms with Crippen LogP contribution in [0.3, 0.4) is 0 Å². The second-order valence-electron chi connectivity index (χ2n) is 3.80. The summed E-state index contributed by atoms with van der Waals surface area (Å²) < 4.78 is 47.1. The van der Waals surface area contributed by atoms with Gasteiger partial charge in [0.2, 0.25) is 0 Å². The highest BCUT2D eigenvalue weighted by Crippen LogP contribution is 2.31. The van der Waals surface area contributed by atoms with Crippen LogP contribution < -0.4 is 4.74 Å². The predicted octanol–water partition coefficient (Wildman–Crippen LogP) is 3.09. The van der Waals surface area contributed by atoms with Crippen molar-refractivity contribution in [1.29, 1.82) is 0 Å². The van der Waals surface area contributed by atoms with E-state index in [4.69, 9.17) is 0 Å². The van der Waals surface area contributed by atoms with Crippen LogP contribution in [-0.2, 0) is 4.74 Å². The van der Waals surface area contributed by atoms with Crippen LogP contribution in [0.2, 0.25) is 0 Å². The van der Waals surface area contributed by atoms with Gasteiger partial charge in [-0.25, -0.2) is 9.78 Å². The van der Waals surface area contributed by atoms with Gasteiger partial charge < -0.3 is 9.47 Å². The highest BCUT2D eigenvalue weighted by Gasteiger charge is 2.33. The van der Waals surface area contributed by atoms with Gasteiger partial charge in [-0.1, -0.05) is 0 Å². The molecular weight excluding hydrogens is 345 g/mol. The Kier molecular flexibility index (Phi) is 3.63.